The van der Waals surface area contributed by atoms with Gasteiger partial charge in [-0.1, -0.05) is 0 Å². The van der Waals surface area contributed by atoms with Gasteiger partial charge in [-0.25, -0.2) is 0 Å². The summed E-state index contributed by atoms with van der Waals surface area (Å²) in [5, 5.41) is 8.73. The van der Waals surface area contributed by atoms with Crippen LogP contribution in [-0.2, 0) is 0 Å². The summed E-state index contributed by atoms with van der Waals surface area (Å²) in [6, 6.07) is 3.18. The second-order valence-corrected chi connectivity index (χ2v) is 3.39. The molecule has 1 aromatic carbocycles. The summed E-state index contributed by atoms with van der Waals surface area (Å²) in [7, 11) is 0. The van der Waals surface area contributed by atoms with Gasteiger partial charge in [0.05, 0.1) is 25.4 Å². The zero-order valence-electron chi connectivity index (χ0n) is 10.6. The predicted molar refractivity (Wildman–Crippen MR) is 66.7 cm³/mol. The smallest absolute Gasteiger partial charge is 0.164 e. The van der Waals surface area contributed by atoms with Crippen LogP contribution in [0.4, 0.5) is 0 Å². The van der Waals surface area contributed by atoms with Gasteiger partial charge in [0, 0.05) is 6.07 Å². The molecule has 0 radical (unpaired) electrons. The second kappa shape index (κ2) is 7.55. The monoisotopic (exact) mass is 254 g/mol. The molecule has 0 heterocycles. The number of hydrogen-bond acceptors (Lipinski definition) is 5. The Kier molecular flexibility index (Phi) is 6.00. The van der Waals surface area contributed by atoms with E-state index < -0.39 is 0 Å². The van der Waals surface area contributed by atoms with Crippen molar-refractivity contribution in [2.45, 2.75) is 13.8 Å². The molecular formula is C13H18O5. The third kappa shape index (κ3) is 3.63. The molecule has 18 heavy (non-hydrogen) atoms. The Labute approximate surface area is 106 Å². The highest BCUT2D eigenvalue weighted by molar-refractivity contribution is 5.81. The van der Waals surface area contributed by atoms with E-state index in [2.05, 4.69) is 0 Å². The van der Waals surface area contributed by atoms with Gasteiger partial charge < -0.3 is 19.3 Å². The average molecular weight is 254 g/mol. The summed E-state index contributed by atoms with van der Waals surface area (Å²) in [5.41, 5.74) is 0.371. The number of aliphatic hydroxyl groups is 1. The molecule has 0 saturated heterocycles. The van der Waals surface area contributed by atoms with Crippen molar-refractivity contribution in [1.29, 1.82) is 0 Å². The molecule has 0 aromatic heterocycles. The zero-order valence-corrected chi connectivity index (χ0v) is 10.6. The van der Waals surface area contributed by atoms with Gasteiger partial charge in [0.2, 0.25) is 0 Å². The van der Waals surface area contributed by atoms with Crippen molar-refractivity contribution >= 4 is 6.29 Å². The lowest BCUT2D eigenvalue weighted by molar-refractivity contribution is 0.111. The first-order valence-corrected chi connectivity index (χ1v) is 5.89. The molecule has 1 N–H and O–H groups in total. The Morgan fingerprint density at radius 1 is 1.06 bits per heavy atom. The van der Waals surface area contributed by atoms with Crippen LogP contribution in [0.5, 0.6) is 17.2 Å². The number of hydrogen-bond donors (Lipinski definition) is 1. The molecule has 0 aliphatic rings. The van der Waals surface area contributed by atoms with Gasteiger partial charge in [-0.15, -0.1) is 0 Å². The van der Waals surface area contributed by atoms with Gasteiger partial charge in [0.1, 0.15) is 12.4 Å². The van der Waals surface area contributed by atoms with E-state index in [4.69, 9.17) is 19.3 Å². The Balaban J connectivity index is 3.09. The summed E-state index contributed by atoms with van der Waals surface area (Å²) < 4.78 is 16.1. The molecule has 5 heteroatoms. The third-order valence-electron chi connectivity index (χ3n) is 2.15. The Morgan fingerprint density at radius 3 is 2.17 bits per heavy atom. The van der Waals surface area contributed by atoms with E-state index in [-0.39, 0.29) is 13.2 Å². The fourth-order valence-electron chi connectivity index (χ4n) is 1.47. The largest absolute Gasteiger partial charge is 0.490 e. The summed E-state index contributed by atoms with van der Waals surface area (Å²) in [4.78, 5) is 11.0. The van der Waals surface area contributed by atoms with Gasteiger partial charge in [0.25, 0.3) is 0 Å². The van der Waals surface area contributed by atoms with Gasteiger partial charge >= 0.3 is 0 Å². The highest BCUT2D eigenvalue weighted by atomic mass is 16.5. The van der Waals surface area contributed by atoms with E-state index in [0.29, 0.717) is 42.3 Å². The van der Waals surface area contributed by atoms with E-state index in [1.807, 2.05) is 13.8 Å². The summed E-state index contributed by atoms with van der Waals surface area (Å²) >= 11 is 0. The summed E-state index contributed by atoms with van der Waals surface area (Å²) in [6.45, 7) is 4.69. The molecule has 0 atom stereocenters. The number of aliphatic hydroxyl groups excluding tert-OH is 1. The lowest BCUT2D eigenvalue weighted by atomic mass is 10.2. The minimum absolute atomic E-state index is 0.116. The molecule has 1 aromatic rings. The molecule has 0 aliphatic heterocycles. The molecule has 0 unspecified atom stereocenters. The molecule has 0 amide bonds. The molecule has 0 spiro atoms. The highest BCUT2D eigenvalue weighted by Crippen LogP contribution is 2.34. The Morgan fingerprint density at radius 2 is 1.67 bits per heavy atom. The van der Waals surface area contributed by atoms with Crippen LogP contribution in [0.1, 0.15) is 24.2 Å². The van der Waals surface area contributed by atoms with E-state index in [9.17, 15) is 4.79 Å². The number of aldehydes is 1. The van der Waals surface area contributed by atoms with Gasteiger partial charge in [0.15, 0.2) is 17.8 Å². The van der Waals surface area contributed by atoms with Crippen LogP contribution in [0.25, 0.3) is 0 Å². The lowest BCUT2D eigenvalue weighted by Gasteiger charge is -2.14. The van der Waals surface area contributed by atoms with Gasteiger partial charge in [-0.05, 0) is 19.9 Å². The third-order valence-corrected chi connectivity index (χ3v) is 2.15. The number of ether oxygens (including phenoxy) is 3. The van der Waals surface area contributed by atoms with Gasteiger partial charge in [-0.3, -0.25) is 4.79 Å². The fraction of sp³-hybridized carbons (Fsp3) is 0.462. The molecule has 100 valence electrons. The van der Waals surface area contributed by atoms with E-state index in [1.165, 1.54) is 0 Å². The van der Waals surface area contributed by atoms with Crippen LogP contribution in [-0.4, -0.2) is 37.8 Å². The van der Waals surface area contributed by atoms with Gasteiger partial charge in [-0.2, -0.15) is 0 Å². The maximum absolute atomic E-state index is 11.0. The first-order valence-electron chi connectivity index (χ1n) is 5.89. The average Bonchev–Trinajstić information content (AvgIpc) is 2.39. The fourth-order valence-corrected chi connectivity index (χ4v) is 1.47. The molecule has 0 bridgehead atoms. The van der Waals surface area contributed by atoms with Crippen molar-refractivity contribution in [3.05, 3.63) is 17.7 Å². The van der Waals surface area contributed by atoms with Crippen molar-refractivity contribution in [1.82, 2.24) is 0 Å². The summed E-state index contributed by atoms with van der Waals surface area (Å²) in [5.74, 6) is 1.42. The SMILES string of the molecule is CCOc1cc(C=O)c(OCCO)cc1OCC. The van der Waals surface area contributed by atoms with E-state index >= 15 is 0 Å². The standard InChI is InChI=1S/C13H18O5/c1-3-16-12-7-10(9-15)11(18-6-5-14)8-13(12)17-4-2/h7-9,14H,3-6H2,1-2H3. The number of rotatable bonds is 8. The first-order chi connectivity index (χ1) is 8.76. The van der Waals surface area contributed by atoms with Crippen molar-refractivity contribution in [2.24, 2.45) is 0 Å². The molecular weight excluding hydrogens is 236 g/mol. The highest BCUT2D eigenvalue weighted by Gasteiger charge is 2.12. The molecule has 5 nitrogen and oxygen atoms in total. The zero-order chi connectivity index (χ0) is 13.4. The molecule has 0 aliphatic carbocycles. The van der Waals surface area contributed by atoms with Crippen LogP contribution >= 0.6 is 0 Å². The number of carbonyl (C=O) groups excluding carboxylic acids is 1. The van der Waals surface area contributed by atoms with Crippen molar-refractivity contribution in [2.75, 3.05) is 26.4 Å². The number of carbonyl (C=O) groups is 1. The minimum atomic E-state index is -0.116. The van der Waals surface area contributed by atoms with Crippen LogP contribution < -0.4 is 14.2 Å². The second-order valence-electron chi connectivity index (χ2n) is 3.39. The Bertz CT molecular complexity index is 389. The number of benzene rings is 1. The van der Waals surface area contributed by atoms with E-state index in [1.54, 1.807) is 12.1 Å². The maximum Gasteiger partial charge on any atom is 0.164 e. The van der Waals surface area contributed by atoms with Crippen LogP contribution in [0, 0.1) is 0 Å². The lowest BCUT2D eigenvalue weighted by Crippen LogP contribution is -2.05. The summed E-state index contributed by atoms with van der Waals surface area (Å²) in [6.07, 6.45) is 0.685. The van der Waals surface area contributed by atoms with Crippen LogP contribution in [0.2, 0.25) is 0 Å². The van der Waals surface area contributed by atoms with Crippen LogP contribution in [0.3, 0.4) is 0 Å². The maximum atomic E-state index is 11.0. The van der Waals surface area contributed by atoms with Crippen LogP contribution in [0.15, 0.2) is 12.1 Å². The molecule has 1 rings (SSSR count). The normalized spacial score (nSPS) is 9.94. The first kappa shape index (κ1) is 14.3. The predicted octanol–water partition coefficient (Wildman–Crippen LogP) is 1.67. The molecule has 0 saturated carbocycles. The topological polar surface area (TPSA) is 65.0 Å². The minimum Gasteiger partial charge on any atom is -0.490 e. The Hall–Kier alpha value is -1.75. The quantitative estimate of drug-likeness (QED) is 0.715. The van der Waals surface area contributed by atoms with Crippen molar-refractivity contribution < 1.29 is 24.1 Å². The van der Waals surface area contributed by atoms with Crippen molar-refractivity contribution in [3.63, 3.8) is 0 Å². The van der Waals surface area contributed by atoms with Crippen molar-refractivity contribution in [3.8, 4) is 17.2 Å². The molecule has 0 fully saturated rings. The van der Waals surface area contributed by atoms with E-state index in [0.717, 1.165) is 0 Å².